The Morgan fingerprint density at radius 1 is 1.47 bits per heavy atom. The third-order valence-corrected chi connectivity index (χ3v) is 3.62. The summed E-state index contributed by atoms with van der Waals surface area (Å²) in [7, 11) is -1.47. The van der Waals surface area contributed by atoms with E-state index in [1.807, 2.05) is 20.8 Å². The molecule has 5 nitrogen and oxygen atoms in total. The molecule has 1 unspecified atom stereocenters. The van der Waals surface area contributed by atoms with Crippen LogP contribution in [0.3, 0.4) is 0 Å². The van der Waals surface area contributed by atoms with Crippen LogP contribution in [0, 0.1) is 0 Å². The molecular weight excluding hydrogens is 264 g/mol. The van der Waals surface area contributed by atoms with Gasteiger partial charge in [0.25, 0.3) is 0 Å². The molecule has 3 N–H and O–H groups in total. The second-order valence-corrected chi connectivity index (χ2v) is 5.76. The van der Waals surface area contributed by atoms with E-state index >= 15 is 0 Å². The number of nitrogens with one attached hydrogen (secondary N) is 1. The number of rotatable bonds is 6. The number of carbonyl (C=O) groups excluding carboxylic acids is 1. The molecule has 0 radical (unpaired) electrons. The standard InChI is InChI=1S/C13H20N2O3S/c1-4-18-10-5-6-11(14)12(7-10)19(17)8-13(16)15-9(2)3/h5-7,9H,4,8,14H2,1-3H3,(H,15,16). The minimum atomic E-state index is -1.47. The minimum absolute atomic E-state index is 0.0246. The van der Waals surface area contributed by atoms with Gasteiger partial charge in [0.1, 0.15) is 11.5 Å². The van der Waals surface area contributed by atoms with Gasteiger partial charge in [0.2, 0.25) is 5.91 Å². The fraction of sp³-hybridized carbons (Fsp3) is 0.462. The van der Waals surface area contributed by atoms with Crippen molar-refractivity contribution in [2.24, 2.45) is 0 Å². The van der Waals surface area contributed by atoms with Gasteiger partial charge in [-0.15, -0.1) is 0 Å². The predicted octanol–water partition coefficient (Wildman–Crippen LogP) is 1.30. The summed E-state index contributed by atoms with van der Waals surface area (Å²) in [5.41, 5.74) is 6.19. The van der Waals surface area contributed by atoms with Crippen LogP contribution in [0.4, 0.5) is 5.69 Å². The van der Waals surface area contributed by atoms with Crippen molar-refractivity contribution >= 4 is 22.4 Å². The number of ether oxygens (including phenoxy) is 1. The molecule has 1 aromatic rings. The zero-order chi connectivity index (χ0) is 14.4. The van der Waals surface area contributed by atoms with E-state index in [4.69, 9.17) is 10.5 Å². The zero-order valence-corrected chi connectivity index (χ0v) is 12.3. The molecule has 106 valence electrons. The highest BCUT2D eigenvalue weighted by Crippen LogP contribution is 2.23. The van der Waals surface area contributed by atoms with Crippen molar-refractivity contribution in [1.29, 1.82) is 0 Å². The molecule has 0 aliphatic rings. The summed E-state index contributed by atoms with van der Waals surface area (Å²) in [5.74, 6) is 0.247. The Balaban J connectivity index is 2.81. The SMILES string of the molecule is CCOc1ccc(N)c(S(=O)CC(=O)NC(C)C)c1. The first-order valence-corrected chi connectivity index (χ1v) is 7.46. The highest BCUT2D eigenvalue weighted by atomic mass is 32.2. The Morgan fingerprint density at radius 2 is 2.16 bits per heavy atom. The summed E-state index contributed by atoms with van der Waals surface area (Å²) in [6.07, 6.45) is 0. The van der Waals surface area contributed by atoms with Gasteiger partial charge in [-0.25, -0.2) is 0 Å². The average Bonchev–Trinajstić information content (AvgIpc) is 2.30. The maximum atomic E-state index is 12.1. The Bertz CT molecular complexity index is 475. The van der Waals surface area contributed by atoms with Crippen LogP contribution >= 0.6 is 0 Å². The Labute approximate surface area is 116 Å². The topological polar surface area (TPSA) is 81.4 Å². The molecule has 0 fully saturated rings. The van der Waals surface area contributed by atoms with E-state index < -0.39 is 10.8 Å². The predicted molar refractivity (Wildman–Crippen MR) is 76.6 cm³/mol. The molecule has 19 heavy (non-hydrogen) atoms. The first kappa shape index (κ1) is 15.5. The van der Waals surface area contributed by atoms with E-state index in [2.05, 4.69) is 5.32 Å². The second kappa shape index (κ2) is 7.13. The molecule has 1 rings (SSSR count). The van der Waals surface area contributed by atoms with Gasteiger partial charge in [0.15, 0.2) is 0 Å². The molecule has 0 spiro atoms. The van der Waals surface area contributed by atoms with E-state index in [-0.39, 0.29) is 17.7 Å². The largest absolute Gasteiger partial charge is 0.494 e. The third-order valence-electron chi connectivity index (χ3n) is 2.25. The fourth-order valence-corrected chi connectivity index (χ4v) is 2.58. The second-order valence-electron chi connectivity index (χ2n) is 4.34. The quantitative estimate of drug-likeness (QED) is 0.771. The van der Waals surface area contributed by atoms with Crippen molar-refractivity contribution in [3.63, 3.8) is 0 Å². The smallest absolute Gasteiger partial charge is 0.233 e. The molecule has 0 bridgehead atoms. The van der Waals surface area contributed by atoms with Gasteiger partial charge in [-0.3, -0.25) is 9.00 Å². The van der Waals surface area contributed by atoms with E-state index in [1.165, 1.54) is 0 Å². The molecule has 1 atom stereocenters. The van der Waals surface area contributed by atoms with Gasteiger partial charge in [0, 0.05) is 11.7 Å². The highest BCUT2D eigenvalue weighted by Gasteiger charge is 2.14. The van der Waals surface area contributed by atoms with Crippen LogP contribution in [0.25, 0.3) is 0 Å². The fourth-order valence-electron chi connectivity index (χ4n) is 1.53. The normalized spacial score (nSPS) is 12.2. The Kier molecular flexibility index (Phi) is 5.82. The van der Waals surface area contributed by atoms with Crippen LogP contribution in [-0.4, -0.2) is 28.5 Å². The van der Waals surface area contributed by atoms with Crippen molar-refractivity contribution in [2.75, 3.05) is 18.1 Å². The summed E-state index contributed by atoms with van der Waals surface area (Å²) in [6, 6.07) is 5.00. The van der Waals surface area contributed by atoms with Crippen LogP contribution in [0.5, 0.6) is 5.75 Å². The Hall–Kier alpha value is -1.56. The number of hydrogen-bond donors (Lipinski definition) is 2. The summed E-state index contributed by atoms with van der Waals surface area (Å²) < 4.78 is 17.5. The number of benzene rings is 1. The number of amides is 1. The number of carbonyl (C=O) groups is 1. The molecule has 6 heteroatoms. The lowest BCUT2D eigenvalue weighted by molar-refractivity contribution is -0.119. The molecule has 0 saturated carbocycles. The lowest BCUT2D eigenvalue weighted by Gasteiger charge is -2.10. The Morgan fingerprint density at radius 3 is 2.74 bits per heavy atom. The highest BCUT2D eigenvalue weighted by molar-refractivity contribution is 7.86. The van der Waals surface area contributed by atoms with E-state index in [1.54, 1.807) is 18.2 Å². The number of nitrogens with two attached hydrogens (primary N) is 1. The van der Waals surface area contributed by atoms with Gasteiger partial charge < -0.3 is 15.8 Å². The number of nitrogen functional groups attached to an aromatic ring is 1. The van der Waals surface area contributed by atoms with Crippen LogP contribution < -0.4 is 15.8 Å². The molecule has 0 saturated heterocycles. The number of hydrogen-bond acceptors (Lipinski definition) is 4. The zero-order valence-electron chi connectivity index (χ0n) is 11.4. The van der Waals surface area contributed by atoms with Crippen LogP contribution in [0.2, 0.25) is 0 Å². The average molecular weight is 284 g/mol. The van der Waals surface area contributed by atoms with Gasteiger partial charge in [-0.1, -0.05) is 0 Å². The maximum absolute atomic E-state index is 12.1. The van der Waals surface area contributed by atoms with Crippen LogP contribution in [0.1, 0.15) is 20.8 Å². The molecule has 0 aliphatic carbocycles. The summed E-state index contributed by atoms with van der Waals surface area (Å²) in [5, 5.41) is 2.70. The maximum Gasteiger partial charge on any atom is 0.233 e. The number of anilines is 1. The van der Waals surface area contributed by atoms with E-state index in [0.717, 1.165) is 0 Å². The van der Waals surface area contributed by atoms with Crippen molar-refractivity contribution in [3.05, 3.63) is 18.2 Å². The van der Waals surface area contributed by atoms with Crippen LogP contribution in [-0.2, 0) is 15.6 Å². The molecule has 0 heterocycles. The van der Waals surface area contributed by atoms with E-state index in [0.29, 0.717) is 22.9 Å². The van der Waals surface area contributed by atoms with Crippen molar-refractivity contribution in [3.8, 4) is 5.75 Å². The lowest BCUT2D eigenvalue weighted by atomic mass is 10.3. The third kappa shape index (κ3) is 4.90. The van der Waals surface area contributed by atoms with Crippen molar-refractivity contribution < 1.29 is 13.7 Å². The molecule has 0 aromatic heterocycles. The summed E-state index contributed by atoms with van der Waals surface area (Å²) in [4.78, 5) is 12.0. The lowest BCUT2D eigenvalue weighted by Crippen LogP contribution is -2.33. The summed E-state index contributed by atoms with van der Waals surface area (Å²) in [6.45, 7) is 6.09. The van der Waals surface area contributed by atoms with E-state index in [9.17, 15) is 9.00 Å². The van der Waals surface area contributed by atoms with Crippen molar-refractivity contribution in [1.82, 2.24) is 5.32 Å². The van der Waals surface area contributed by atoms with Gasteiger partial charge in [-0.05, 0) is 39.0 Å². The monoisotopic (exact) mass is 284 g/mol. The van der Waals surface area contributed by atoms with Gasteiger partial charge in [-0.2, -0.15) is 0 Å². The van der Waals surface area contributed by atoms with Gasteiger partial charge >= 0.3 is 0 Å². The first-order valence-electron chi connectivity index (χ1n) is 6.14. The molecule has 1 amide bonds. The van der Waals surface area contributed by atoms with Crippen molar-refractivity contribution in [2.45, 2.75) is 31.7 Å². The van der Waals surface area contributed by atoms with Gasteiger partial charge in [0.05, 0.1) is 22.3 Å². The molecule has 0 aliphatic heterocycles. The minimum Gasteiger partial charge on any atom is -0.494 e. The summed E-state index contributed by atoms with van der Waals surface area (Å²) >= 11 is 0. The molecule has 1 aromatic carbocycles. The van der Waals surface area contributed by atoms with Crippen LogP contribution in [0.15, 0.2) is 23.1 Å². The molecular formula is C13H20N2O3S. The first-order chi connectivity index (χ1) is 8.93.